The van der Waals surface area contributed by atoms with Crippen molar-refractivity contribution in [2.24, 2.45) is 4.99 Å². The van der Waals surface area contributed by atoms with Crippen LogP contribution in [0.3, 0.4) is 0 Å². The summed E-state index contributed by atoms with van der Waals surface area (Å²) in [5.74, 6) is 0.914. The highest BCUT2D eigenvalue weighted by Crippen LogP contribution is 2.18. The zero-order valence-corrected chi connectivity index (χ0v) is 14.5. The monoisotopic (exact) mass is 314 g/mol. The van der Waals surface area contributed by atoms with Crippen molar-refractivity contribution in [2.75, 3.05) is 31.1 Å². The molecule has 0 saturated heterocycles. The Hall–Kier alpha value is -1.97. The summed E-state index contributed by atoms with van der Waals surface area (Å²) in [6.07, 6.45) is 8.13. The predicted octanol–water partition coefficient (Wildman–Crippen LogP) is 3.31. The van der Waals surface area contributed by atoms with E-state index in [1.807, 2.05) is 0 Å². The SMILES string of the molecule is CCCCCNC(=NCc1cccc(N2CC=CC2)c1)NCC. The van der Waals surface area contributed by atoms with Gasteiger partial charge in [0.15, 0.2) is 5.96 Å². The molecule has 23 heavy (non-hydrogen) atoms. The number of unbranched alkanes of at least 4 members (excludes halogenated alkanes) is 2. The van der Waals surface area contributed by atoms with E-state index in [1.165, 1.54) is 30.5 Å². The summed E-state index contributed by atoms with van der Waals surface area (Å²) in [5.41, 5.74) is 2.53. The van der Waals surface area contributed by atoms with Gasteiger partial charge in [-0.3, -0.25) is 0 Å². The van der Waals surface area contributed by atoms with E-state index in [1.54, 1.807) is 0 Å². The Labute approximate surface area is 140 Å². The number of anilines is 1. The van der Waals surface area contributed by atoms with Crippen LogP contribution < -0.4 is 15.5 Å². The molecule has 1 aromatic rings. The fourth-order valence-electron chi connectivity index (χ4n) is 2.63. The highest BCUT2D eigenvalue weighted by atomic mass is 15.2. The normalized spacial score (nSPS) is 14.3. The highest BCUT2D eigenvalue weighted by molar-refractivity contribution is 5.79. The molecule has 1 aliphatic rings. The summed E-state index contributed by atoms with van der Waals surface area (Å²) in [5, 5.41) is 6.73. The number of hydrogen-bond donors (Lipinski definition) is 2. The number of rotatable bonds is 8. The molecule has 0 aliphatic carbocycles. The summed E-state index contributed by atoms with van der Waals surface area (Å²) >= 11 is 0. The minimum Gasteiger partial charge on any atom is -0.364 e. The van der Waals surface area contributed by atoms with Crippen LogP contribution >= 0.6 is 0 Å². The molecule has 1 aromatic carbocycles. The summed E-state index contributed by atoms with van der Waals surface area (Å²) < 4.78 is 0. The Balaban J connectivity index is 1.91. The highest BCUT2D eigenvalue weighted by Gasteiger charge is 2.07. The van der Waals surface area contributed by atoms with Gasteiger partial charge in [0.25, 0.3) is 0 Å². The first-order valence-corrected chi connectivity index (χ1v) is 8.84. The molecule has 2 rings (SSSR count). The molecule has 0 fully saturated rings. The van der Waals surface area contributed by atoms with E-state index in [2.05, 4.69) is 65.8 Å². The minimum atomic E-state index is 0.707. The summed E-state index contributed by atoms with van der Waals surface area (Å²) in [6, 6.07) is 8.70. The molecular formula is C19H30N4. The average molecular weight is 314 g/mol. The number of benzene rings is 1. The Morgan fingerprint density at radius 1 is 1.13 bits per heavy atom. The molecule has 0 amide bonds. The first-order chi connectivity index (χ1) is 11.3. The van der Waals surface area contributed by atoms with Gasteiger partial charge in [-0.05, 0) is 31.0 Å². The van der Waals surface area contributed by atoms with Crippen molar-refractivity contribution in [3.63, 3.8) is 0 Å². The Bertz CT molecular complexity index is 514. The lowest BCUT2D eigenvalue weighted by Gasteiger charge is -2.18. The predicted molar refractivity (Wildman–Crippen MR) is 100 cm³/mol. The van der Waals surface area contributed by atoms with Crippen molar-refractivity contribution in [3.8, 4) is 0 Å². The van der Waals surface area contributed by atoms with Crippen LogP contribution in [0.1, 0.15) is 38.7 Å². The number of nitrogens with zero attached hydrogens (tertiary/aromatic N) is 2. The first-order valence-electron chi connectivity index (χ1n) is 8.84. The van der Waals surface area contributed by atoms with Crippen molar-refractivity contribution >= 4 is 11.6 Å². The second-order valence-electron chi connectivity index (χ2n) is 5.88. The van der Waals surface area contributed by atoms with Crippen LogP contribution in [0.4, 0.5) is 5.69 Å². The lowest BCUT2D eigenvalue weighted by Crippen LogP contribution is -2.37. The molecule has 0 aromatic heterocycles. The second kappa shape index (κ2) is 9.93. The molecule has 2 N–H and O–H groups in total. The summed E-state index contributed by atoms with van der Waals surface area (Å²) in [4.78, 5) is 7.07. The number of nitrogens with one attached hydrogen (secondary N) is 2. The van der Waals surface area contributed by atoms with E-state index in [-0.39, 0.29) is 0 Å². The molecule has 126 valence electrons. The van der Waals surface area contributed by atoms with Crippen LogP contribution in [0.5, 0.6) is 0 Å². The van der Waals surface area contributed by atoms with Gasteiger partial charge in [-0.25, -0.2) is 4.99 Å². The van der Waals surface area contributed by atoms with Gasteiger partial charge >= 0.3 is 0 Å². The van der Waals surface area contributed by atoms with Gasteiger partial charge in [-0.2, -0.15) is 0 Å². The molecule has 4 nitrogen and oxygen atoms in total. The Kier molecular flexibility index (Phi) is 7.50. The van der Waals surface area contributed by atoms with E-state index >= 15 is 0 Å². The van der Waals surface area contributed by atoms with Crippen molar-refractivity contribution in [3.05, 3.63) is 42.0 Å². The van der Waals surface area contributed by atoms with Gasteiger partial charge in [-0.1, -0.05) is 44.1 Å². The first kappa shape index (κ1) is 17.4. The average Bonchev–Trinajstić information content (AvgIpc) is 3.11. The quantitative estimate of drug-likeness (QED) is 0.335. The zero-order valence-electron chi connectivity index (χ0n) is 14.5. The van der Waals surface area contributed by atoms with Gasteiger partial charge in [0.1, 0.15) is 0 Å². The van der Waals surface area contributed by atoms with E-state index in [9.17, 15) is 0 Å². The van der Waals surface area contributed by atoms with Crippen LogP contribution in [0, 0.1) is 0 Å². The van der Waals surface area contributed by atoms with Crippen molar-refractivity contribution in [1.29, 1.82) is 0 Å². The molecule has 0 atom stereocenters. The van der Waals surface area contributed by atoms with Crippen molar-refractivity contribution in [2.45, 2.75) is 39.7 Å². The minimum absolute atomic E-state index is 0.707. The lowest BCUT2D eigenvalue weighted by atomic mass is 10.2. The van der Waals surface area contributed by atoms with Crippen molar-refractivity contribution in [1.82, 2.24) is 10.6 Å². The zero-order chi connectivity index (χ0) is 16.3. The van der Waals surface area contributed by atoms with Crippen LogP contribution in [0.25, 0.3) is 0 Å². The van der Waals surface area contributed by atoms with Gasteiger partial charge in [0, 0.05) is 31.9 Å². The van der Waals surface area contributed by atoms with Gasteiger partial charge < -0.3 is 15.5 Å². The molecule has 0 radical (unpaired) electrons. The van der Waals surface area contributed by atoms with Crippen LogP contribution in [-0.2, 0) is 6.54 Å². The molecule has 1 aliphatic heterocycles. The third kappa shape index (κ3) is 5.97. The molecule has 0 saturated carbocycles. The van der Waals surface area contributed by atoms with Gasteiger partial charge in [0.05, 0.1) is 6.54 Å². The third-order valence-corrected chi connectivity index (χ3v) is 3.93. The van der Waals surface area contributed by atoms with E-state index in [4.69, 9.17) is 4.99 Å². The van der Waals surface area contributed by atoms with E-state index < -0.39 is 0 Å². The largest absolute Gasteiger partial charge is 0.364 e. The standard InChI is InChI=1S/C19H30N4/c1-3-5-6-12-21-19(20-4-2)22-16-17-10-9-11-18(15-17)23-13-7-8-14-23/h7-11,15H,3-6,12-14,16H2,1-2H3,(H2,20,21,22). The van der Waals surface area contributed by atoms with E-state index in [0.717, 1.165) is 32.1 Å². The van der Waals surface area contributed by atoms with E-state index in [0.29, 0.717) is 6.54 Å². The molecule has 4 heteroatoms. The maximum atomic E-state index is 4.71. The summed E-state index contributed by atoms with van der Waals surface area (Å²) in [7, 11) is 0. The van der Waals surface area contributed by atoms with Crippen molar-refractivity contribution < 1.29 is 0 Å². The smallest absolute Gasteiger partial charge is 0.191 e. The second-order valence-corrected chi connectivity index (χ2v) is 5.88. The molecule has 1 heterocycles. The van der Waals surface area contributed by atoms with Crippen LogP contribution in [-0.4, -0.2) is 32.1 Å². The van der Waals surface area contributed by atoms with Gasteiger partial charge in [0.2, 0.25) is 0 Å². The van der Waals surface area contributed by atoms with Crippen LogP contribution in [0.2, 0.25) is 0 Å². The van der Waals surface area contributed by atoms with Crippen LogP contribution in [0.15, 0.2) is 41.4 Å². The number of guanidine groups is 1. The molecule has 0 unspecified atom stereocenters. The maximum absolute atomic E-state index is 4.71. The fraction of sp³-hybridized carbons (Fsp3) is 0.526. The molecular weight excluding hydrogens is 284 g/mol. The Morgan fingerprint density at radius 2 is 1.96 bits per heavy atom. The third-order valence-electron chi connectivity index (χ3n) is 3.93. The number of hydrogen-bond acceptors (Lipinski definition) is 2. The molecule has 0 spiro atoms. The lowest BCUT2D eigenvalue weighted by molar-refractivity contribution is 0.683. The number of aliphatic imine (C=N–C) groups is 1. The molecule has 0 bridgehead atoms. The topological polar surface area (TPSA) is 39.7 Å². The fourth-order valence-corrected chi connectivity index (χ4v) is 2.63. The maximum Gasteiger partial charge on any atom is 0.191 e. The summed E-state index contributed by atoms with van der Waals surface area (Å²) in [6.45, 7) is 8.92. The Morgan fingerprint density at radius 3 is 2.70 bits per heavy atom. The van der Waals surface area contributed by atoms with Gasteiger partial charge in [-0.15, -0.1) is 0 Å².